The molecule has 1 aliphatic heterocycles. The Bertz CT molecular complexity index is 1400. The fraction of sp³-hybridized carbons (Fsp3) is 0.115. The molecule has 3 aromatic carbocycles. The number of furan rings is 1. The Morgan fingerprint density at radius 3 is 2.71 bits per heavy atom. The van der Waals surface area contributed by atoms with Crippen LogP contribution >= 0.6 is 0 Å². The highest BCUT2D eigenvalue weighted by molar-refractivity contribution is 5.83. The minimum Gasteiger partial charge on any atom is -0.456 e. The van der Waals surface area contributed by atoms with Crippen molar-refractivity contribution in [2.45, 2.75) is 18.6 Å². The van der Waals surface area contributed by atoms with Gasteiger partial charge in [0.1, 0.15) is 17.2 Å². The minimum absolute atomic E-state index is 0.0944. The molecule has 0 aliphatic carbocycles. The Morgan fingerprint density at radius 2 is 1.84 bits per heavy atom. The predicted octanol–water partition coefficient (Wildman–Crippen LogP) is 6.13. The summed E-state index contributed by atoms with van der Waals surface area (Å²) < 4.78 is 22.9. The molecule has 0 fully saturated rings. The molecule has 0 bridgehead atoms. The number of aromatic nitrogens is 2. The zero-order valence-corrected chi connectivity index (χ0v) is 16.6. The lowest BCUT2D eigenvalue weighted by atomic mass is 9.95. The summed E-state index contributed by atoms with van der Waals surface area (Å²) in [7, 11) is 0. The van der Waals surface area contributed by atoms with Crippen LogP contribution in [0.3, 0.4) is 0 Å². The quantitative estimate of drug-likeness (QED) is 0.388. The summed E-state index contributed by atoms with van der Waals surface area (Å²) >= 11 is 0. The standard InChI is InChI=1S/C26H19FN2O2/c27-21-12-26-17(11-25(31-26)16-6-2-1-3-7-16)10-20(21)24(30)13-22-18-8-4-5-9-19(18)23-14-28-15-29(22)23/h1-12,14-15,22,24,30H,13H2. The molecule has 2 atom stereocenters. The number of benzene rings is 3. The van der Waals surface area contributed by atoms with Gasteiger partial charge in [-0.1, -0.05) is 54.6 Å². The first-order valence-electron chi connectivity index (χ1n) is 10.3. The van der Waals surface area contributed by atoms with Crippen molar-refractivity contribution in [3.8, 4) is 22.6 Å². The number of hydrogen-bond donors (Lipinski definition) is 1. The lowest BCUT2D eigenvalue weighted by Gasteiger charge is -2.19. The van der Waals surface area contributed by atoms with Crippen molar-refractivity contribution in [2.24, 2.45) is 0 Å². The van der Waals surface area contributed by atoms with Gasteiger partial charge in [-0.05, 0) is 17.7 Å². The topological polar surface area (TPSA) is 51.2 Å². The Hall–Kier alpha value is -3.70. The van der Waals surface area contributed by atoms with E-state index in [4.69, 9.17) is 4.42 Å². The van der Waals surface area contributed by atoms with E-state index in [1.165, 1.54) is 6.07 Å². The zero-order chi connectivity index (χ0) is 20.9. The van der Waals surface area contributed by atoms with Crippen LogP contribution in [0.1, 0.15) is 29.7 Å². The van der Waals surface area contributed by atoms with E-state index in [2.05, 4.69) is 21.7 Å². The molecule has 6 rings (SSSR count). The number of hydrogen-bond acceptors (Lipinski definition) is 3. The van der Waals surface area contributed by atoms with Gasteiger partial charge in [0, 0.05) is 34.6 Å². The third-order valence-electron chi connectivity index (χ3n) is 6.10. The van der Waals surface area contributed by atoms with E-state index >= 15 is 0 Å². The smallest absolute Gasteiger partial charge is 0.137 e. The lowest BCUT2D eigenvalue weighted by molar-refractivity contribution is 0.149. The Kier molecular flexibility index (Phi) is 4.04. The molecule has 5 heteroatoms. The molecule has 4 nitrogen and oxygen atoms in total. The van der Waals surface area contributed by atoms with E-state index in [1.807, 2.05) is 54.7 Å². The van der Waals surface area contributed by atoms with Crippen molar-refractivity contribution in [1.82, 2.24) is 9.55 Å². The number of halogens is 1. The van der Waals surface area contributed by atoms with E-state index in [0.29, 0.717) is 17.8 Å². The van der Waals surface area contributed by atoms with Crippen LogP contribution in [0, 0.1) is 5.82 Å². The molecule has 152 valence electrons. The fourth-order valence-corrected chi connectivity index (χ4v) is 4.59. The van der Waals surface area contributed by atoms with Crippen molar-refractivity contribution >= 4 is 11.0 Å². The van der Waals surface area contributed by atoms with Crippen LogP contribution in [-0.2, 0) is 0 Å². The molecule has 2 unspecified atom stereocenters. The SMILES string of the molecule is OC(CC1c2ccccc2-c2cncn21)c1cc2cc(-c3ccccc3)oc2cc1F. The van der Waals surface area contributed by atoms with Gasteiger partial charge in [0.15, 0.2) is 0 Å². The van der Waals surface area contributed by atoms with Crippen LogP contribution in [0.4, 0.5) is 4.39 Å². The fourth-order valence-electron chi connectivity index (χ4n) is 4.59. The summed E-state index contributed by atoms with van der Waals surface area (Å²) in [5.41, 5.74) is 4.92. The normalized spacial score (nSPS) is 15.7. The number of fused-ring (bicyclic) bond motifs is 4. The molecule has 31 heavy (non-hydrogen) atoms. The number of rotatable bonds is 4. The van der Waals surface area contributed by atoms with Crippen molar-refractivity contribution in [3.05, 3.63) is 102 Å². The first-order valence-corrected chi connectivity index (χ1v) is 10.3. The third kappa shape index (κ3) is 2.89. The summed E-state index contributed by atoms with van der Waals surface area (Å²) in [6.45, 7) is 0. The lowest BCUT2D eigenvalue weighted by Crippen LogP contribution is -2.11. The van der Waals surface area contributed by atoms with Crippen LogP contribution in [-0.4, -0.2) is 14.7 Å². The van der Waals surface area contributed by atoms with E-state index in [-0.39, 0.29) is 11.6 Å². The Morgan fingerprint density at radius 1 is 1.03 bits per heavy atom. The number of nitrogens with zero attached hydrogens (tertiary/aromatic N) is 2. The molecule has 2 aromatic heterocycles. The highest BCUT2D eigenvalue weighted by Crippen LogP contribution is 2.43. The average molecular weight is 410 g/mol. The van der Waals surface area contributed by atoms with Crippen LogP contribution in [0.5, 0.6) is 0 Å². The number of aliphatic hydroxyl groups excluding tert-OH is 1. The second-order valence-electron chi connectivity index (χ2n) is 7.93. The largest absolute Gasteiger partial charge is 0.456 e. The Balaban J connectivity index is 1.36. The molecule has 0 spiro atoms. The molecule has 5 aromatic rings. The summed E-state index contributed by atoms with van der Waals surface area (Å²) in [5, 5.41) is 11.8. The molecule has 1 N–H and O–H groups in total. The highest BCUT2D eigenvalue weighted by atomic mass is 19.1. The molecule has 3 heterocycles. The van der Waals surface area contributed by atoms with E-state index in [1.54, 1.807) is 12.4 Å². The summed E-state index contributed by atoms with van der Waals surface area (Å²) in [6, 6.07) is 22.6. The van der Waals surface area contributed by atoms with Gasteiger partial charge in [-0.25, -0.2) is 9.37 Å². The summed E-state index contributed by atoms with van der Waals surface area (Å²) in [6.07, 6.45) is 2.99. The van der Waals surface area contributed by atoms with Gasteiger partial charge in [-0.2, -0.15) is 0 Å². The van der Waals surface area contributed by atoms with Gasteiger partial charge in [0.05, 0.1) is 30.4 Å². The maximum absolute atomic E-state index is 14.9. The molecular weight excluding hydrogens is 391 g/mol. The Labute approximate surface area is 178 Å². The van der Waals surface area contributed by atoms with Gasteiger partial charge >= 0.3 is 0 Å². The first kappa shape index (κ1) is 18.1. The van der Waals surface area contributed by atoms with Crippen LogP contribution < -0.4 is 0 Å². The van der Waals surface area contributed by atoms with E-state index in [9.17, 15) is 9.50 Å². The maximum Gasteiger partial charge on any atom is 0.137 e. The number of aliphatic hydroxyl groups is 1. The molecular formula is C26H19FN2O2. The number of imidazole rings is 1. The van der Waals surface area contributed by atoms with E-state index in [0.717, 1.165) is 27.8 Å². The van der Waals surface area contributed by atoms with Gasteiger partial charge in [-0.15, -0.1) is 0 Å². The van der Waals surface area contributed by atoms with Gasteiger partial charge < -0.3 is 14.1 Å². The zero-order valence-electron chi connectivity index (χ0n) is 16.6. The van der Waals surface area contributed by atoms with Crippen LogP contribution in [0.25, 0.3) is 33.6 Å². The van der Waals surface area contributed by atoms with Crippen molar-refractivity contribution < 1.29 is 13.9 Å². The molecule has 0 saturated carbocycles. The van der Waals surface area contributed by atoms with Crippen molar-refractivity contribution in [2.75, 3.05) is 0 Å². The van der Waals surface area contributed by atoms with Crippen LogP contribution in [0.2, 0.25) is 0 Å². The van der Waals surface area contributed by atoms with Gasteiger partial charge in [0.2, 0.25) is 0 Å². The molecule has 0 amide bonds. The van der Waals surface area contributed by atoms with Crippen LogP contribution in [0.15, 0.2) is 89.7 Å². The molecule has 1 aliphatic rings. The first-order chi connectivity index (χ1) is 15.2. The molecule has 0 radical (unpaired) electrons. The van der Waals surface area contributed by atoms with E-state index < -0.39 is 11.9 Å². The van der Waals surface area contributed by atoms with Gasteiger partial charge in [-0.3, -0.25) is 0 Å². The maximum atomic E-state index is 14.9. The predicted molar refractivity (Wildman–Crippen MR) is 117 cm³/mol. The van der Waals surface area contributed by atoms with Crippen molar-refractivity contribution in [1.29, 1.82) is 0 Å². The van der Waals surface area contributed by atoms with Gasteiger partial charge in [0.25, 0.3) is 0 Å². The second kappa shape index (κ2) is 6.93. The highest BCUT2D eigenvalue weighted by Gasteiger charge is 2.31. The average Bonchev–Trinajstić information content (AvgIpc) is 3.50. The second-order valence-corrected chi connectivity index (χ2v) is 7.93. The van der Waals surface area contributed by atoms with Crippen molar-refractivity contribution in [3.63, 3.8) is 0 Å². The molecule has 0 saturated heterocycles. The third-order valence-corrected chi connectivity index (χ3v) is 6.10. The summed E-state index contributed by atoms with van der Waals surface area (Å²) in [4.78, 5) is 4.26. The minimum atomic E-state index is -0.967. The monoisotopic (exact) mass is 410 g/mol. The summed E-state index contributed by atoms with van der Waals surface area (Å²) in [5.74, 6) is 0.209.